The monoisotopic (exact) mass is 409 g/mol. The molecule has 1 aromatic rings. The molecule has 10 heteroatoms. The van der Waals surface area contributed by atoms with E-state index in [0.29, 0.717) is 17.1 Å². The number of pyridine rings is 1. The van der Waals surface area contributed by atoms with Crippen LogP contribution in [0.3, 0.4) is 0 Å². The van der Waals surface area contributed by atoms with Gasteiger partial charge >= 0.3 is 15.2 Å². The molecule has 0 spiro atoms. The molecule has 0 bridgehead atoms. The molecule has 8 nitrogen and oxygen atoms in total. The van der Waals surface area contributed by atoms with Gasteiger partial charge in [0.15, 0.2) is 0 Å². The summed E-state index contributed by atoms with van der Waals surface area (Å²) < 4.78 is 52.0. The Morgan fingerprint density at radius 3 is 1.38 bits per heavy atom. The van der Waals surface area contributed by atoms with Crippen molar-refractivity contribution in [3.8, 4) is 5.75 Å². The van der Waals surface area contributed by atoms with Gasteiger partial charge in [0.1, 0.15) is 5.75 Å². The highest BCUT2D eigenvalue weighted by Gasteiger charge is 2.28. The minimum absolute atomic E-state index is 0.00749. The second-order valence-corrected chi connectivity index (χ2v) is 9.31. The predicted molar refractivity (Wildman–Crippen MR) is 99.9 cm³/mol. The lowest BCUT2D eigenvalue weighted by Gasteiger charge is -2.19. The zero-order valence-electron chi connectivity index (χ0n) is 16.1. The maximum Gasteiger partial charge on any atom is 0.336 e. The molecule has 1 rings (SSSR count). The summed E-state index contributed by atoms with van der Waals surface area (Å²) in [5.74, 6) is 0.504. The topological polar surface area (TPSA) is 93.2 Å². The van der Waals surface area contributed by atoms with E-state index in [1.807, 2.05) is 0 Å². The third-order valence-corrected chi connectivity index (χ3v) is 7.18. The zero-order chi connectivity index (χ0) is 19.6. The molecule has 150 valence electrons. The van der Waals surface area contributed by atoms with E-state index in [0.717, 1.165) is 0 Å². The van der Waals surface area contributed by atoms with Crippen LogP contribution in [0.4, 0.5) is 0 Å². The number of aromatic nitrogens is 1. The van der Waals surface area contributed by atoms with E-state index < -0.39 is 15.2 Å². The van der Waals surface area contributed by atoms with Crippen LogP contribution in [-0.4, -0.2) is 38.5 Å². The first kappa shape index (κ1) is 23.3. The third-order valence-electron chi connectivity index (χ3n) is 3.16. The van der Waals surface area contributed by atoms with Gasteiger partial charge in [-0.25, -0.2) is 0 Å². The Bertz CT molecular complexity index is 583. The first-order valence-corrected chi connectivity index (χ1v) is 12.1. The van der Waals surface area contributed by atoms with Gasteiger partial charge in [0.25, 0.3) is 0 Å². The molecular weight excluding hydrogens is 380 g/mol. The highest BCUT2D eigenvalue weighted by molar-refractivity contribution is 7.53. The van der Waals surface area contributed by atoms with Crippen LogP contribution in [0.25, 0.3) is 0 Å². The number of nitrogens with zero attached hydrogens (tertiary/aromatic N) is 1. The Labute approximate surface area is 155 Å². The van der Waals surface area contributed by atoms with Crippen molar-refractivity contribution in [1.29, 1.82) is 0 Å². The molecule has 0 aliphatic carbocycles. The van der Waals surface area contributed by atoms with Gasteiger partial charge in [-0.05, 0) is 27.7 Å². The molecule has 0 aromatic carbocycles. The molecule has 26 heavy (non-hydrogen) atoms. The van der Waals surface area contributed by atoms with E-state index in [1.54, 1.807) is 39.8 Å². The molecular formula is C16H29NO7P2. The molecule has 0 aliphatic heterocycles. The minimum Gasteiger partial charge on any atom is -0.497 e. The van der Waals surface area contributed by atoms with Crippen LogP contribution >= 0.6 is 15.2 Å². The molecule has 0 N–H and O–H groups in total. The van der Waals surface area contributed by atoms with E-state index >= 15 is 0 Å². The van der Waals surface area contributed by atoms with Gasteiger partial charge in [-0.3, -0.25) is 14.1 Å². The highest BCUT2D eigenvalue weighted by Crippen LogP contribution is 2.53. The largest absolute Gasteiger partial charge is 0.497 e. The van der Waals surface area contributed by atoms with Crippen molar-refractivity contribution in [2.75, 3.05) is 33.5 Å². The maximum absolute atomic E-state index is 12.8. The SMILES string of the molecule is CCOP(=O)(Cc1cc(OC)cc(CP(=O)(OCC)OCC)n1)OCC. The van der Waals surface area contributed by atoms with Crippen LogP contribution in [0.5, 0.6) is 5.75 Å². The molecule has 1 heterocycles. The van der Waals surface area contributed by atoms with Crippen molar-refractivity contribution in [3.63, 3.8) is 0 Å². The Morgan fingerprint density at radius 2 is 1.12 bits per heavy atom. The summed E-state index contributed by atoms with van der Waals surface area (Å²) in [4.78, 5) is 4.44. The Morgan fingerprint density at radius 1 is 0.769 bits per heavy atom. The first-order valence-electron chi connectivity index (χ1n) is 8.63. The summed E-state index contributed by atoms with van der Waals surface area (Å²) >= 11 is 0. The van der Waals surface area contributed by atoms with E-state index in [1.165, 1.54) is 7.11 Å². The lowest BCUT2D eigenvalue weighted by molar-refractivity contribution is 0.218. The minimum atomic E-state index is -3.32. The van der Waals surface area contributed by atoms with Gasteiger partial charge in [-0.2, -0.15) is 0 Å². The molecule has 0 fully saturated rings. The van der Waals surface area contributed by atoms with Crippen LogP contribution in [0, 0.1) is 0 Å². The van der Waals surface area contributed by atoms with Crippen molar-refractivity contribution < 1.29 is 32.0 Å². The average molecular weight is 409 g/mol. The second kappa shape index (κ2) is 11.2. The summed E-state index contributed by atoms with van der Waals surface area (Å²) in [6.45, 7) is 8.03. The van der Waals surface area contributed by atoms with Crippen molar-refractivity contribution >= 4 is 15.2 Å². The summed E-state index contributed by atoms with van der Waals surface area (Å²) in [5, 5.41) is 0. The van der Waals surface area contributed by atoms with Crippen molar-refractivity contribution in [1.82, 2.24) is 4.98 Å². The Hall–Kier alpha value is -0.750. The van der Waals surface area contributed by atoms with Crippen LogP contribution in [0.15, 0.2) is 12.1 Å². The van der Waals surface area contributed by atoms with Crippen molar-refractivity contribution in [2.24, 2.45) is 0 Å². The van der Waals surface area contributed by atoms with Gasteiger partial charge in [0, 0.05) is 12.1 Å². The molecule has 0 amide bonds. The number of hydrogen-bond acceptors (Lipinski definition) is 8. The fraction of sp³-hybridized carbons (Fsp3) is 0.688. The maximum atomic E-state index is 12.8. The van der Waals surface area contributed by atoms with Gasteiger partial charge in [-0.1, -0.05) is 0 Å². The molecule has 0 atom stereocenters. The molecule has 0 radical (unpaired) electrons. The Kier molecular flexibility index (Phi) is 10.0. The summed E-state index contributed by atoms with van der Waals surface area (Å²) in [5.41, 5.74) is 0.924. The third kappa shape index (κ3) is 7.47. The van der Waals surface area contributed by atoms with Crippen LogP contribution in [-0.2, 0) is 39.5 Å². The van der Waals surface area contributed by atoms with E-state index in [-0.39, 0.29) is 38.8 Å². The number of ether oxygens (including phenoxy) is 1. The molecule has 0 aliphatic rings. The lowest BCUT2D eigenvalue weighted by Crippen LogP contribution is -2.05. The van der Waals surface area contributed by atoms with E-state index in [4.69, 9.17) is 22.8 Å². The van der Waals surface area contributed by atoms with Crippen molar-refractivity contribution in [2.45, 2.75) is 40.0 Å². The second-order valence-electron chi connectivity index (χ2n) is 5.20. The van der Waals surface area contributed by atoms with Crippen LogP contribution in [0.1, 0.15) is 39.1 Å². The van der Waals surface area contributed by atoms with Crippen molar-refractivity contribution in [3.05, 3.63) is 23.5 Å². The molecule has 0 saturated heterocycles. The Balaban J connectivity index is 3.14. The van der Waals surface area contributed by atoms with Crippen LogP contribution in [0.2, 0.25) is 0 Å². The molecule has 0 saturated carbocycles. The number of rotatable bonds is 13. The quantitative estimate of drug-likeness (QED) is 0.436. The normalized spacial score (nSPS) is 12.3. The number of hydrogen-bond donors (Lipinski definition) is 0. The molecule has 1 aromatic heterocycles. The smallest absolute Gasteiger partial charge is 0.336 e. The predicted octanol–water partition coefficient (Wildman–Crippen LogP) is 4.62. The summed E-state index contributed by atoms with van der Waals surface area (Å²) in [6, 6.07) is 3.31. The fourth-order valence-corrected chi connectivity index (χ4v) is 5.55. The van der Waals surface area contributed by atoms with Gasteiger partial charge in [0.05, 0.1) is 57.2 Å². The van der Waals surface area contributed by atoms with Gasteiger partial charge in [0.2, 0.25) is 0 Å². The highest BCUT2D eigenvalue weighted by atomic mass is 31.2. The lowest BCUT2D eigenvalue weighted by atomic mass is 10.3. The summed E-state index contributed by atoms with van der Waals surface area (Å²) in [7, 11) is -5.12. The molecule has 0 unspecified atom stereocenters. The zero-order valence-corrected chi connectivity index (χ0v) is 17.9. The average Bonchev–Trinajstić information content (AvgIpc) is 2.54. The van der Waals surface area contributed by atoms with Gasteiger partial charge in [-0.15, -0.1) is 0 Å². The van der Waals surface area contributed by atoms with E-state index in [2.05, 4.69) is 4.98 Å². The summed E-state index contributed by atoms with van der Waals surface area (Å²) in [6.07, 6.45) is -0.0150. The number of methoxy groups -OCH3 is 1. The standard InChI is InChI=1S/C16H29NO7P2/c1-6-21-25(18,22-7-2)12-14-10-16(20-5)11-15(17-14)13-26(19,23-8-3)24-9-4/h10-11H,6-9,12-13H2,1-5H3. The van der Waals surface area contributed by atoms with E-state index in [9.17, 15) is 9.13 Å². The first-order chi connectivity index (χ1) is 12.3. The fourth-order valence-electron chi connectivity index (χ4n) is 2.34. The van der Waals surface area contributed by atoms with Crippen LogP contribution < -0.4 is 4.74 Å². The van der Waals surface area contributed by atoms with Gasteiger partial charge < -0.3 is 22.8 Å².